The zero-order valence-corrected chi connectivity index (χ0v) is 10.3. The number of alkyl halides is 3. The van der Waals surface area contributed by atoms with Crippen LogP contribution in [-0.2, 0) is 19.6 Å². The van der Waals surface area contributed by atoms with E-state index in [1.54, 1.807) is 10.9 Å². The molecule has 0 fully saturated rings. The molecular weight excluding hydrogens is 257 g/mol. The van der Waals surface area contributed by atoms with Crippen molar-refractivity contribution in [1.82, 2.24) is 14.8 Å². The van der Waals surface area contributed by atoms with Gasteiger partial charge in [0.25, 0.3) is 0 Å². The van der Waals surface area contributed by atoms with E-state index in [0.29, 0.717) is 13.0 Å². The van der Waals surface area contributed by atoms with E-state index in [1.165, 1.54) is 12.1 Å². The predicted molar refractivity (Wildman–Crippen MR) is 64.6 cm³/mol. The zero-order chi connectivity index (χ0) is 13.9. The van der Waals surface area contributed by atoms with Gasteiger partial charge >= 0.3 is 6.18 Å². The van der Waals surface area contributed by atoms with Crippen molar-refractivity contribution in [1.29, 1.82) is 0 Å². The van der Waals surface area contributed by atoms with E-state index in [1.807, 2.05) is 13.2 Å². The lowest BCUT2D eigenvalue weighted by Gasteiger charge is -2.09. The minimum absolute atomic E-state index is 0.221. The van der Waals surface area contributed by atoms with Crippen molar-refractivity contribution < 1.29 is 13.2 Å². The number of halogens is 3. The molecule has 2 heterocycles. The van der Waals surface area contributed by atoms with Gasteiger partial charge in [-0.3, -0.25) is 4.68 Å². The molecule has 1 N–H and O–H groups in total. The van der Waals surface area contributed by atoms with Crippen molar-refractivity contribution in [2.24, 2.45) is 7.05 Å². The van der Waals surface area contributed by atoms with Crippen LogP contribution in [0, 0.1) is 0 Å². The van der Waals surface area contributed by atoms with Crippen molar-refractivity contribution in [2.75, 3.05) is 11.9 Å². The minimum Gasteiger partial charge on any atom is -0.370 e. The van der Waals surface area contributed by atoms with Crippen molar-refractivity contribution in [2.45, 2.75) is 12.6 Å². The highest BCUT2D eigenvalue weighted by Gasteiger charge is 2.32. The van der Waals surface area contributed by atoms with Crippen LogP contribution < -0.4 is 5.32 Å². The molecule has 0 aliphatic rings. The maximum absolute atomic E-state index is 12.5. The molecule has 19 heavy (non-hydrogen) atoms. The second-order valence-corrected chi connectivity index (χ2v) is 4.10. The highest BCUT2D eigenvalue weighted by atomic mass is 19.4. The Labute approximate surface area is 108 Å². The fourth-order valence-corrected chi connectivity index (χ4v) is 1.63. The van der Waals surface area contributed by atoms with Crippen LogP contribution in [0.2, 0.25) is 0 Å². The molecular formula is C12H13F3N4. The quantitative estimate of drug-likeness (QED) is 0.928. The van der Waals surface area contributed by atoms with E-state index in [0.717, 1.165) is 11.6 Å². The standard InChI is InChI=1S/C12H13F3N4/c1-19-8-9(7-17-19)5-6-16-11-4-2-3-10(18-11)12(13,14)15/h2-4,7-8H,5-6H2,1H3,(H,16,18). The SMILES string of the molecule is Cn1cc(CCNc2cccc(C(F)(F)F)n2)cn1. The molecule has 0 aromatic carbocycles. The van der Waals surface area contributed by atoms with Crippen LogP contribution in [-0.4, -0.2) is 21.3 Å². The van der Waals surface area contributed by atoms with Gasteiger partial charge in [0.2, 0.25) is 0 Å². The van der Waals surface area contributed by atoms with Crippen molar-refractivity contribution in [3.63, 3.8) is 0 Å². The molecule has 0 atom stereocenters. The Kier molecular flexibility index (Phi) is 3.73. The number of hydrogen-bond donors (Lipinski definition) is 1. The zero-order valence-electron chi connectivity index (χ0n) is 10.3. The van der Waals surface area contributed by atoms with Crippen LogP contribution in [0.5, 0.6) is 0 Å². The van der Waals surface area contributed by atoms with Crippen molar-refractivity contribution in [3.05, 3.63) is 41.9 Å². The molecule has 0 aliphatic carbocycles. The number of nitrogens with zero attached hydrogens (tertiary/aromatic N) is 3. The molecule has 0 radical (unpaired) electrons. The summed E-state index contributed by atoms with van der Waals surface area (Å²) in [5, 5.41) is 6.88. The Morgan fingerprint density at radius 1 is 1.32 bits per heavy atom. The normalized spacial score (nSPS) is 11.6. The first-order chi connectivity index (χ1) is 8.95. The summed E-state index contributed by atoms with van der Waals surface area (Å²) in [6.45, 7) is 0.500. The topological polar surface area (TPSA) is 42.7 Å². The smallest absolute Gasteiger partial charge is 0.370 e. The van der Waals surface area contributed by atoms with Crippen molar-refractivity contribution >= 4 is 5.82 Å². The fourth-order valence-electron chi connectivity index (χ4n) is 1.63. The summed E-state index contributed by atoms with van der Waals surface area (Å²) in [7, 11) is 1.81. The molecule has 0 unspecified atom stereocenters. The van der Waals surface area contributed by atoms with Gasteiger partial charge in [0.15, 0.2) is 0 Å². The second kappa shape index (κ2) is 5.29. The molecule has 102 valence electrons. The number of aryl methyl sites for hydroxylation is 1. The average molecular weight is 270 g/mol. The van der Waals surface area contributed by atoms with E-state index in [4.69, 9.17) is 0 Å². The van der Waals surface area contributed by atoms with Gasteiger partial charge in [-0.25, -0.2) is 4.98 Å². The fraction of sp³-hybridized carbons (Fsp3) is 0.333. The van der Waals surface area contributed by atoms with Crippen LogP contribution in [0.1, 0.15) is 11.3 Å². The monoisotopic (exact) mass is 270 g/mol. The van der Waals surface area contributed by atoms with Crippen LogP contribution >= 0.6 is 0 Å². The number of rotatable bonds is 4. The second-order valence-electron chi connectivity index (χ2n) is 4.10. The third-order valence-electron chi connectivity index (χ3n) is 2.52. The molecule has 0 spiro atoms. The van der Waals surface area contributed by atoms with E-state index < -0.39 is 11.9 Å². The molecule has 2 aromatic heterocycles. The summed E-state index contributed by atoms with van der Waals surface area (Å²) in [5.41, 5.74) is 0.126. The highest BCUT2D eigenvalue weighted by Crippen LogP contribution is 2.28. The molecule has 0 aliphatic heterocycles. The van der Waals surface area contributed by atoms with Gasteiger partial charge in [-0.2, -0.15) is 18.3 Å². The Morgan fingerprint density at radius 3 is 2.74 bits per heavy atom. The van der Waals surface area contributed by atoms with E-state index in [-0.39, 0.29) is 5.82 Å². The van der Waals surface area contributed by atoms with Gasteiger partial charge in [0.1, 0.15) is 11.5 Å². The predicted octanol–water partition coefficient (Wildman–Crippen LogP) is 2.49. The van der Waals surface area contributed by atoms with Gasteiger partial charge in [-0.1, -0.05) is 6.07 Å². The van der Waals surface area contributed by atoms with Gasteiger partial charge in [-0.05, 0) is 24.1 Å². The third kappa shape index (κ3) is 3.70. The number of nitrogens with one attached hydrogen (secondary N) is 1. The summed E-state index contributed by atoms with van der Waals surface area (Å²) in [6, 6.07) is 3.80. The summed E-state index contributed by atoms with van der Waals surface area (Å²) in [5.74, 6) is 0.221. The van der Waals surface area contributed by atoms with E-state index >= 15 is 0 Å². The molecule has 7 heteroatoms. The molecule has 4 nitrogen and oxygen atoms in total. The first-order valence-corrected chi connectivity index (χ1v) is 5.71. The van der Waals surface area contributed by atoms with Gasteiger partial charge in [0, 0.05) is 19.8 Å². The Morgan fingerprint density at radius 2 is 2.11 bits per heavy atom. The van der Waals surface area contributed by atoms with Gasteiger partial charge in [-0.15, -0.1) is 0 Å². The lowest BCUT2D eigenvalue weighted by Crippen LogP contribution is -2.11. The van der Waals surface area contributed by atoms with E-state index in [2.05, 4.69) is 15.4 Å². The summed E-state index contributed by atoms with van der Waals surface area (Å²) >= 11 is 0. The summed E-state index contributed by atoms with van der Waals surface area (Å²) < 4.78 is 39.0. The first kappa shape index (κ1) is 13.4. The first-order valence-electron chi connectivity index (χ1n) is 5.71. The number of anilines is 1. The number of aromatic nitrogens is 3. The highest BCUT2D eigenvalue weighted by molar-refractivity contribution is 5.36. The average Bonchev–Trinajstić information content (AvgIpc) is 2.74. The van der Waals surface area contributed by atoms with Gasteiger partial charge < -0.3 is 5.32 Å². The maximum Gasteiger partial charge on any atom is 0.433 e. The molecule has 0 saturated heterocycles. The lowest BCUT2D eigenvalue weighted by atomic mass is 10.2. The molecule has 0 amide bonds. The third-order valence-corrected chi connectivity index (χ3v) is 2.52. The Balaban J connectivity index is 1.93. The summed E-state index contributed by atoms with van der Waals surface area (Å²) in [6.07, 6.45) is -0.157. The number of pyridine rings is 1. The van der Waals surface area contributed by atoms with Crippen molar-refractivity contribution in [3.8, 4) is 0 Å². The Bertz CT molecular complexity index is 548. The number of hydrogen-bond acceptors (Lipinski definition) is 3. The van der Waals surface area contributed by atoms with Gasteiger partial charge in [0.05, 0.1) is 6.20 Å². The molecule has 2 aromatic rings. The largest absolute Gasteiger partial charge is 0.433 e. The van der Waals surface area contributed by atoms with Crippen LogP contribution in [0.15, 0.2) is 30.6 Å². The maximum atomic E-state index is 12.5. The lowest BCUT2D eigenvalue weighted by molar-refractivity contribution is -0.141. The molecule has 0 saturated carbocycles. The minimum atomic E-state index is -4.42. The van der Waals surface area contributed by atoms with Crippen LogP contribution in [0.4, 0.5) is 19.0 Å². The van der Waals surface area contributed by atoms with Crippen LogP contribution in [0.25, 0.3) is 0 Å². The van der Waals surface area contributed by atoms with E-state index in [9.17, 15) is 13.2 Å². The molecule has 2 rings (SSSR count). The Hall–Kier alpha value is -2.05. The molecule has 0 bridgehead atoms. The van der Waals surface area contributed by atoms with Crippen LogP contribution in [0.3, 0.4) is 0 Å². The summed E-state index contributed by atoms with van der Waals surface area (Å²) in [4.78, 5) is 3.52.